The summed E-state index contributed by atoms with van der Waals surface area (Å²) in [5, 5.41) is 17.6. The number of aromatic nitrogens is 2. The molecule has 7 heteroatoms. The van der Waals surface area contributed by atoms with Crippen molar-refractivity contribution in [3.63, 3.8) is 0 Å². The molecule has 7 nitrogen and oxygen atoms in total. The van der Waals surface area contributed by atoms with Gasteiger partial charge in [-0.1, -0.05) is 12.1 Å². The number of aromatic hydroxyl groups is 1. The van der Waals surface area contributed by atoms with Crippen LogP contribution in [0.4, 0.5) is 5.69 Å². The van der Waals surface area contributed by atoms with Crippen molar-refractivity contribution >= 4 is 11.6 Å². The molecule has 3 rings (SSSR count). The van der Waals surface area contributed by atoms with Crippen LogP contribution in [-0.4, -0.2) is 65.0 Å². The molecule has 140 valence electrons. The lowest BCUT2D eigenvalue weighted by Gasteiger charge is -2.37. The molecule has 0 spiro atoms. The molecule has 2 heterocycles. The Morgan fingerprint density at radius 1 is 1.23 bits per heavy atom. The van der Waals surface area contributed by atoms with Gasteiger partial charge in [-0.15, -0.1) is 0 Å². The Morgan fingerprint density at radius 3 is 2.65 bits per heavy atom. The van der Waals surface area contributed by atoms with Crippen LogP contribution in [0.15, 0.2) is 41.7 Å². The van der Waals surface area contributed by atoms with E-state index in [1.807, 2.05) is 42.3 Å². The Balaban J connectivity index is 1.57. The summed E-state index contributed by atoms with van der Waals surface area (Å²) < 4.78 is 1.82. The quantitative estimate of drug-likeness (QED) is 0.627. The summed E-state index contributed by atoms with van der Waals surface area (Å²) >= 11 is 0. The van der Waals surface area contributed by atoms with Crippen molar-refractivity contribution in [2.75, 3.05) is 44.2 Å². The molecule has 1 fully saturated rings. The number of rotatable bonds is 5. The van der Waals surface area contributed by atoms with Crippen molar-refractivity contribution < 1.29 is 5.11 Å². The summed E-state index contributed by atoms with van der Waals surface area (Å²) in [5.41, 5.74) is 2.11. The van der Waals surface area contributed by atoms with Gasteiger partial charge >= 0.3 is 0 Å². The minimum atomic E-state index is 0.345. The number of piperazine rings is 1. The second kappa shape index (κ2) is 8.60. The van der Waals surface area contributed by atoms with E-state index in [-0.39, 0.29) is 0 Å². The molecule has 0 radical (unpaired) electrons. The van der Waals surface area contributed by atoms with Crippen LogP contribution in [0.5, 0.6) is 5.75 Å². The smallest absolute Gasteiger partial charge is 0.194 e. The lowest BCUT2D eigenvalue weighted by Crippen LogP contribution is -2.52. The van der Waals surface area contributed by atoms with Gasteiger partial charge in [0.15, 0.2) is 5.96 Å². The van der Waals surface area contributed by atoms with Crippen LogP contribution in [0.25, 0.3) is 0 Å². The van der Waals surface area contributed by atoms with Gasteiger partial charge in [0.25, 0.3) is 0 Å². The van der Waals surface area contributed by atoms with Crippen molar-refractivity contribution in [1.29, 1.82) is 0 Å². The molecule has 2 aromatic rings. The maximum absolute atomic E-state index is 10.1. The predicted octanol–water partition coefficient (Wildman–Crippen LogP) is 1.46. The molecule has 0 atom stereocenters. The summed E-state index contributed by atoms with van der Waals surface area (Å²) in [6.45, 7) is 7.18. The zero-order valence-electron chi connectivity index (χ0n) is 15.6. The molecule has 1 aromatic heterocycles. The van der Waals surface area contributed by atoms with Crippen molar-refractivity contribution in [3.8, 4) is 5.75 Å². The molecule has 0 unspecified atom stereocenters. The number of para-hydroxylation sites is 2. The zero-order chi connectivity index (χ0) is 18.4. The third-order valence-electron chi connectivity index (χ3n) is 4.56. The third kappa shape index (κ3) is 4.47. The van der Waals surface area contributed by atoms with E-state index in [2.05, 4.69) is 27.1 Å². The second-order valence-electron chi connectivity index (χ2n) is 6.47. The summed E-state index contributed by atoms with van der Waals surface area (Å²) in [6, 6.07) is 7.53. The van der Waals surface area contributed by atoms with Crippen LogP contribution in [0.2, 0.25) is 0 Å². The van der Waals surface area contributed by atoms with E-state index < -0.39 is 0 Å². The van der Waals surface area contributed by atoms with Crippen LogP contribution >= 0.6 is 0 Å². The van der Waals surface area contributed by atoms with Crippen molar-refractivity contribution in [2.45, 2.75) is 13.3 Å². The molecule has 1 aliphatic rings. The predicted molar refractivity (Wildman–Crippen MR) is 105 cm³/mol. The molecular weight excluding hydrogens is 328 g/mol. The SMILES string of the molecule is CCNC(=NCCc1cnn(C)c1)N1CCN(c2ccccc2O)CC1. The number of phenolic OH excluding ortho intramolecular Hbond substituents is 1. The largest absolute Gasteiger partial charge is 0.506 e. The fourth-order valence-electron chi connectivity index (χ4n) is 3.21. The summed E-state index contributed by atoms with van der Waals surface area (Å²) in [6.07, 6.45) is 4.82. The van der Waals surface area contributed by atoms with E-state index >= 15 is 0 Å². The third-order valence-corrected chi connectivity index (χ3v) is 4.56. The van der Waals surface area contributed by atoms with Crippen LogP contribution in [0.1, 0.15) is 12.5 Å². The highest BCUT2D eigenvalue weighted by atomic mass is 16.3. The minimum Gasteiger partial charge on any atom is -0.506 e. The number of aliphatic imine (C=N–C) groups is 1. The van der Waals surface area contributed by atoms with E-state index in [1.165, 1.54) is 5.56 Å². The molecule has 1 aromatic carbocycles. The first-order valence-electron chi connectivity index (χ1n) is 9.21. The van der Waals surface area contributed by atoms with Crippen molar-refractivity contribution in [1.82, 2.24) is 20.0 Å². The van der Waals surface area contributed by atoms with E-state index in [4.69, 9.17) is 4.99 Å². The number of aryl methyl sites for hydroxylation is 1. The number of guanidine groups is 1. The number of hydrogen-bond acceptors (Lipinski definition) is 4. The van der Waals surface area contributed by atoms with Gasteiger partial charge in [0.2, 0.25) is 0 Å². The van der Waals surface area contributed by atoms with E-state index in [1.54, 1.807) is 6.07 Å². The Morgan fingerprint density at radius 2 is 2.00 bits per heavy atom. The number of nitrogens with one attached hydrogen (secondary N) is 1. The van der Waals surface area contributed by atoms with Crippen molar-refractivity contribution in [2.24, 2.45) is 12.0 Å². The lowest BCUT2D eigenvalue weighted by atomic mass is 10.2. The Hall–Kier alpha value is -2.70. The van der Waals surface area contributed by atoms with E-state index in [9.17, 15) is 5.11 Å². The fourth-order valence-corrected chi connectivity index (χ4v) is 3.21. The standard InChI is InChI=1S/C19H28N6O/c1-3-20-19(21-9-8-16-14-22-23(2)15-16)25-12-10-24(11-13-25)17-6-4-5-7-18(17)26/h4-7,14-15,26H,3,8-13H2,1-2H3,(H,20,21). The molecule has 1 saturated heterocycles. The minimum absolute atomic E-state index is 0.345. The van der Waals surface area contributed by atoms with Crippen LogP contribution in [0.3, 0.4) is 0 Å². The molecule has 0 amide bonds. The van der Waals surface area contributed by atoms with Gasteiger partial charge in [-0.05, 0) is 31.0 Å². The van der Waals surface area contributed by atoms with Gasteiger partial charge in [0.1, 0.15) is 5.75 Å². The normalized spacial score (nSPS) is 15.4. The van der Waals surface area contributed by atoms with Gasteiger partial charge in [-0.3, -0.25) is 9.67 Å². The summed E-state index contributed by atoms with van der Waals surface area (Å²) in [4.78, 5) is 9.31. The molecule has 0 aliphatic carbocycles. The van der Waals surface area contributed by atoms with Crippen LogP contribution in [0, 0.1) is 0 Å². The summed E-state index contributed by atoms with van der Waals surface area (Å²) in [7, 11) is 1.93. The first-order chi connectivity index (χ1) is 12.7. The van der Waals surface area contributed by atoms with Gasteiger partial charge in [0.05, 0.1) is 11.9 Å². The first kappa shape index (κ1) is 18.1. The monoisotopic (exact) mass is 356 g/mol. The van der Waals surface area contributed by atoms with Crippen LogP contribution < -0.4 is 10.2 Å². The van der Waals surface area contributed by atoms with Crippen molar-refractivity contribution in [3.05, 3.63) is 42.2 Å². The van der Waals surface area contributed by atoms with Gasteiger partial charge < -0.3 is 20.2 Å². The van der Waals surface area contributed by atoms with E-state index in [0.717, 1.165) is 57.3 Å². The second-order valence-corrected chi connectivity index (χ2v) is 6.47. The van der Waals surface area contributed by atoms with Crippen LogP contribution in [-0.2, 0) is 13.5 Å². The topological polar surface area (TPSA) is 68.9 Å². The Kier molecular flexibility index (Phi) is 5.99. The molecule has 0 saturated carbocycles. The highest BCUT2D eigenvalue weighted by Gasteiger charge is 2.21. The average molecular weight is 356 g/mol. The van der Waals surface area contributed by atoms with Gasteiger partial charge in [-0.2, -0.15) is 5.10 Å². The van der Waals surface area contributed by atoms with E-state index in [0.29, 0.717) is 5.75 Å². The Labute approximate surface area is 154 Å². The number of benzene rings is 1. The maximum atomic E-state index is 10.1. The van der Waals surface area contributed by atoms with Gasteiger partial charge in [0, 0.05) is 52.5 Å². The molecule has 26 heavy (non-hydrogen) atoms. The first-order valence-corrected chi connectivity index (χ1v) is 9.21. The molecule has 1 aliphatic heterocycles. The highest BCUT2D eigenvalue weighted by molar-refractivity contribution is 5.80. The number of anilines is 1. The average Bonchev–Trinajstić information content (AvgIpc) is 3.07. The number of hydrogen-bond donors (Lipinski definition) is 2. The molecule has 0 bridgehead atoms. The maximum Gasteiger partial charge on any atom is 0.194 e. The fraction of sp³-hybridized carbons (Fsp3) is 0.474. The molecule has 2 N–H and O–H groups in total. The highest BCUT2D eigenvalue weighted by Crippen LogP contribution is 2.27. The number of nitrogens with zero attached hydrogens (tertiary/aromatic N) is 5. The molecular formula is C19H28N6O. The zero-order valence-corrected chi connectivity index (χ0v) is 15.6. The summed E-state index contributed by atoms with van der Waals surface area (Å²) in [5.74, 6) is 1.31. The Bertz CT molecular complexity index is 733. The number of phenols is 1. The lowest BCUT2D eigenvalue weighted by molar-refractivity contribution is 0.370. The van der Waals surface area contributed by atoms with Gasteiger partial charge in [-0.25, -0.2) is 0 Å².